The van der Waals surface area contributed by atoms with E-state index >= 15 is 0 Å². The highest BCUT2D eigenvalue weighted by Gasteiger charge is 2.18. The second-order valence-corrected chi connectivity index (χ2v) is 4.73. The molecule has 1 aromatic carbocycles. The van der Waals surface area contributed by atoms with Crippen molar-refractivity contribution in [1.82, 2.24) is 0 Å². The van der Waals surface area contributed by atoms with Gasteiger partial charge in [0.05, 0.1) is 12.8 Å². The summed E-state index contributed by atoms with van der Waals surface area (Å²) in [6, 6.07) is 7.85. The highest BCUT2D eigenvalue weighted by molar-refractivity contribution is 7.17. The Bertz CT molecular complexity index is 591. The topological polar surface area (TPSA) is 46.6 Å². The smallest absolute Gasteiger partial charge is 0.315 e. The van der Waals surface area contributed by atoms with Crippen LogP contribution < -0.4 is 4.90 Å². The molecule has 4 nitrogen and oxygen atoms in total. The summed E-state index contributed by atoms with van der Waals surface area (Å²) in [5.41, 5.74) is 0.824. The zero-order valence-corrected chi connectivity index (χ0v) is 11.0. The molecule has 0 atom stereocenters. The van der Waals surface area contributed by atoms with Crippen molar-refractivity contribution >= 4 is 39.0 Å². The highest BCUT2D eigenvalue weighted by Crippen LogP contribution is 2.32. The van der Waals surface area contributed by atoms with Crippen LogP contribution in [-0.2, 0) is 14.3 Å². The molecule has 2 aromatic rings. The van der Waals surface area contributed by atoms with E-state index in [0.717, 1.165) is 15.8 Å². The largest absolute Gasteiger partial charge is 0.469 e. The number of carbonyl (C=O) groups is 2. The quantitative estimate of drug-likeness (QED) is 0.631. The molecule has 0 unspecified atom stereocenters. The van der Waals surface area contributed by atoms with Gasteiger partial charge in [-0.3, -0.25) is 9.59 Å². The molecule has 18 heavy (non-hydrogen) atoms. The standard InChI is InChI=1S/C13H13NO3S/c1-14(12(15)7-13(16)17-2)10-8-18-11-6-4-3-5-9(10)11/h3-6,8H,7H2,1-2H3. The van der Waals surface area contributed by atoms with Crippen molar-refractivity contribution in [2.75, 3.05) is 19.1 Å². The summed E-state index contributed by atoms with van der Waals surface area (Å²) in [5.74, 6) is -0.795. The van der Waals surface area contributed by atoms with E-state index in [-0.39, 0.29) is 12.3 Å². The lowest BCUT2D eigenvalue weighted by molar-refractivity contribution is -0.143. The summed E-state index contributed by atoms with van der Waals surface area (Å²) in [5, 5.41) is 2.93. The molecule has 0 aliphatic carbocycles. The van der Waals surface area contributed by atoms with Gasteiger partial charge < -0.3 is 9.64 Å². The van der Waals surface area contributed by atoms with Crippen LogP contribution in [0.4, 0.5) is 5.69 Å². The van der Waals surface area contributed by atoms with Crippen LogP contribution in [0.25, 0.3) is 10.1 Å². The Morgan fingerprint density at radius 3 is 2.78 bits per heavy atom. The molecular weight excluding hydrogens is 250 g/mol. The number of fused-ring (bicyclic) bond motifs is 1. The Morgan fingerprint density at radius 2 is 2.06 bits per heavy atom. The van der Waals surface area contributed by atoms with E-state index in [9.17, 15) is 9.59 Å². The van der Waals surface area contributed by atoms with Crippen LogP contribution in [0.3, 0.4) is 0 Å². The maximum atomic E-state index is 11.9. The predicted molar refractivity (Wildman–Crippen MR) is 71.9 cm³/mol. The van der Waals surface area contributed by atoms with Crippen molar-refractivity contribution in [3.8, 4) is 0 Å². The molecular formula is C13H13NO3S. The van der Waals surface area contributed by atoms with E-state index in [1.54, 1.807) is 18.4 Å². The molecule has 0 spiro atoms. The number of carbonyl (C=O) groups excluding carboxylic acids is 2. The first-order chi connectivity index (χ1) is 8.63. The maximum Gasteiger partial charge on any atom is 0.315 e. The van der Waals surface area contributed by atoms with Crippen LogP contribution in [0.2, 0.25) is 0 Å². The monoisotopic (exact) mass is 263 g/mol. The van der Waals surface area contributed by atoms with Crippen molar-refractivity contribution in [2.24, 2.45) is 0 Å². The Kier molecular flexibility index (Phi) is 3.62. The molecule has 0 fully saturated rings. The van der Waals surface area contributed by atoms with Gasteiger partial charge in [-0.05, 0) is 6.07 Å². The lowest BCUT2D eigenvalue weighted by Crippen LogP contribution is -2.28. The van der Waals surface area contributed by atoms with Gasteiger partial charge in [0.1, 0.15) is 6.42 Å². The second-order valence-electron chi connectivity index (χ2n) is 3.82. The zero-order chi connectivity index (χ0) is 13.1. The molecule has 1 heterocycles. The Labute approximate surface area is 109 Å². The maximum absolute atomic E-state index is 11.9. The Balaban J connectivity index is 2.25. The molecule has 94 valence electrons. The second kappa shape index (κ2) is 5.18. The van der Waals surface area contributed by atoms with Crippen LogP contribution in [0.1, 0.15) is 6.42 Å². The SMILES string of the molecule is COC(=O)CC(=O)N(C)c1csc2ccccc12. The molecule has 0 N–H and O–H groups in total. The van der Waals surface area contributed by atoms with Crippen molar-refractivity contribution in [3.05, 3.63) is 29.6 Å². The Hall–Kier alpha value is -1.88. The van der Waals surface area contributed by atoms with E-state index in [4.69, 9.17) is 0 Å². The van der Waals surface area contributed by atoms with Gasteiger partial charge in [0, 0.05) is 22.5 Å². The van der Waals surface area contributed by atoms with E-state index in [0.29, 0.717) is 0 Å². The predicted octanol–water partition coefficient (Wildman–Crippen LogP) is 2.43. The molecule has 0 bridgehead atoms. The number of hydrogen-bond donors (Lipinski definition) is 0. The van der Waals surface area contributed by atoms with Crippen LogP contribution in [0, 0.1) is 0 Å². The number of amides is 1. The van der Waals surface area contributed by atoms with Crippen molar-refractivity contribution in [1.29, 1.82) is 0 Å². The first-order valence-corrected chi connectivity index (χ1v) is 6.31. The summed E-state index contributed by atoms with van der Waals surface area (Å²) < 4.78 is 5.61. The van der Waals surface area contributed by atoms with Gasteiger partial charge >= 0.3 is 5.97 Å². The molecule has 0 radical (unpaired) electrons. The Morgan fingerprint density at radius 1 is 1.33 bits per heavy atom. The lowest BCUT2D eigenvalue weighted by Gasteiger charge is -2.15. The normalized spacial score (nSPS) is 10.3. The number of esters is 1. The van der Waals surface area contributed by atoms with Gasteiger partial charge in [-0.2, -0.15) is 0 Å². The summed E-state index contributed by atoms with van der Waals surface area (Å²) in [6.07, 6.45) is -0.239. The van der Waals surface area contributed by atoms with Gasteiger partial charge in [0.25, 0.3) is 0 Å². The number of anilines is 1. The fraction of sp³-hybridized carbons (Fsp3) is 0.231. The van der Waals surface area contributed by atoms with Crippen molar-refractivity contribution < 1.29 is 14.3 Å². The van der Waals surface area contributed by atoms with Crippen molar-refractivity contribution in [2.45, 2.75) is 6.42 Å². The molecule has 1 amide bonds. The third-order valence-electron chi connectivity index (χ3n) is 2.72. The van der Waals surface area contributed by atoms with Crippen LogP contribution in [0.15, 0.2) is 29.6 Å². The number of rotatable bonds is 3. The fourth-order valence-corrected chi connectivity index (χ4v) is 2.65. The van der Waals surface area contributed by atoms with E-state index in [1.165, 1.54) is 12.0 Å². The van der Waals surface area contributed by atoms with Gasteiger partial charge in [-0.1, -0.05) is 18.2 Å². The molecule has 0 aliphatic heterocycles. The average Bonchev–Trinajstić information content (AvgIpc) is 2.81. The van der Waals surface area contributed by atoms with Crippen LogP contribution in [0.5, 0.6) is 0 Å². The van der Waals surface area contributed by atoms with Gasteiger partial charge in [0.15, 0.2) is 0 Å². The first-order valence-electron chi connectivity index (χ1n) is 5.43. The van der Waals surface area contributed by atoms with E-state index < -0.39 is 5.97 Å². The molecule has 5 heteroatoms. The number of nitrogens with zero attached hydrogens (tertiary/aromatic N) is 1. The van der Waals surface area contributed by atoms with Gasteiger partial charge in [-0.15, -0.1) is 11.3 Å². The van der Waals surface area contributed by atoms with E-state index in [1.807, 2.05) is 29.6 Å². The van der Waals surface area contributed by atoms with Gasteiger partial charge in [0.2, 0.25) is 5.91 Å². The summed E-state index contributed by atoms with van der Waals surface area (Å²) in [7, 11) is 2.94. The third kappa shape index (κ3) is 2.36. The zero-order valence-electron chi connectivity index (χ0n) is 10.2. The lowest BCUT2D eigenvalue weighted by atomic mass is 10.2. The number of hydrogen-bond acceptors (Lipinski definition) is 4. The molecule has 0 saturated carbocycles. The van der Waals surface area contributed by atoms with Crippen LogP contribution >= 0.6 is 11.3 Å². The average molecular weight is 263 g/mol. The van der Waals surface area contributed by atoms with Crippen LogP contribution in [-0.4, -0.2) is 26.0 Å². The number of methoxy groups -OCH3 is 1. The third-order valence-corrected chi connectivity index (χ3v) is 3.67. The van der Waals surface area contributed by atoms with Gasteiger partial charge in [-0.25, -0.2) is 0 Å². The van der Waals surface area contributed by atoms with E-state index in [2.05, 4.69) is 4.74 Å². The molecule has 2 rings (SSSR count). The minimum atomic E-state index is -0.522. The number of benzene rings is 1. The molecule has 1 aromatic heterocycles. The highest BCUT2D eigenvalue weighted by atomic mass is 32.1. The molecule has 0 saturated heterocycles. The number of thiophene rings is 1. The minimum absolute atomic E-state index is 0.239. The van der Waals surface area contributed by atoms with Crippen molar-refractivity contribution in [3.63, 3.8) is 0 Å². The fourth-order valence-electron chi connectivity index (χ4n) is 1.67. The summed E-state index contributed by atoms with van der Waals surface area (Å²) in [6.45, 7) is 0. The minimum Gasteiger partial charge on any atom is -0.469 e. The molecule has 0 aliphatic rings. The summed E-state index contributed by atoms with van der Waals surface area (Å²) in [4.78, 5) is 24.5. The first kappa shape index (κ1) is 12.6. The number of ether oxygens (including phenoxy) is 1. The summed E-state index contributed by atoms with van der Waals surface area (Å²) >= 11 is 1.57.